The quantitative estimate of drug-likeness (QED) is 0.854. The number of hydrogen-bond donors (Lipinski definition) is 1. The lowest BCUT2D eigenvalue weighted by Gasteiger charge is -2.33. The highest BCUT2D eigenvalue weighted by Crippen LogP contribution is 2.21. The van der Waals surface area contributed by atoms with Crippen LogP contribution in [-0.2, 0) is 0 Å². The van der Waals surface area contributed by atoms with E-state index in [0.717, 1.165) is 18.7 Å². The zero-order valence-electron chi connectivity index (χ0n) is 14.8. The normalized spacial score (nSPS) is 18.9. The Morgan fingerprint density at radius 1 is 1.42 bits per heavy atom. The van der Waals surface area contributed by atoms with Crippen molar-refractivity contribution in [2.24, 2.45) is 0 Å². The number of likely N-dealkylation sites (tertiary alicyclic amines) is 1. The molecule has 1 N–H and O–H groups in total. The van der Waals surface area contributed by atoms with Crippen LogP contribution in [0, 0.1) is 13.8 Å². The summed E-state index contributed by atoms with van der Waals surface area (Å²) >= 11 is 0. The molecule has 6 heteroatoms. The van der Waals surface area contributed by atoms with Crippen molar-refractivity contribution in [1.82, 2.24) is 20.4 Å². The van der Waals surface area contributed by atoms with Gasteiger partial charge in [0.25, 0.3) is 11.6 Å². The van der Waals surface area contributed by atoms with Gasteiger partial charge in [-0.25, -0.2) is 4.98 Å². The SMILES string of the molecule is Cc1cc(C(=O)NCCCN2CCCC[C@H]2C)c2c(C)noc2n1. The number of aromatic nitrogens is 2. The van der Waals surface area contributed by atoms with Crippen LogP contribution in [0.25, 0.3) is 11.1 Å². The Morgan fingerprint density at radius 2 is 2.25 bits per heavy atom. The first kappa shape index (κ1) is 16.9. The van der Waals surface area contributed by atoms with Gasteiger partial charge in [-0.1, -0.05) is 11.6 Å². The van der Waals surface area contributed by atoms with Gasteiger partial charge < -0.3 is 14.7 Å². The lowest BCUT2D eigenvalue weighted by atomic mass is 10.0. The zero-order chi connectivity index (χ0) is 17.1. The second kappa shape index (κ2) is 7.30. The van der Waals surface area contributed by atoms with E-state index in [0.29, 0.717) is 34.9 Å². The summed E-state index contributed by atoms with van der Waals surface area (Å²) in [7, 11) is 0. The van der Waals surface area contributed by atoms with Crippen molar-refractivity contribution in [2.45, 2.75) is 52.5 Å². The third-order valence-corrected chi connectivity index (χ3v) is 4.84. The molecular weight excluding hydrogens is 304 g/mol. The summed E-state index contributed by atoms with van der Waals surface area (Å²) in [5, 5.41) is 7.66. The van der Waals surface area contributed by atoms with Gasteiger partial charge in [0.05, 0.1) is 16.6 Å². The van der Waals surface area contributed by atoms with Gasteiger partial charge in [0.1, 0.15) is 0 Å². The maximum atomic E-state index is 12.6. The molecule has 0 radical (unpaired) electrons. The predicted octanol–water partition coefficient (Wildman–Crippen LogP) is 2.83. The van der Waals surface area contributed by atoms with E-state index in [1.165, 1.54) is 25.8 Å². The lowest BCUT2D eigenvalue weighted by molar-refractivity contribution is 0.0950. The van der Waals surface area contributed by atoms with Gasteiger partial charge in [0.15, 0.2) is 0 Å². The number of aryl methyl sites for hydroxylation is 2. The average molecular weight is 330 g/mol. The maximum Gasteiger partial charge on any atom is 0.258 e. The highest BCUT2D eigenvalue weighted by atomic mass is 16.5. The fourth-order valence-corrected chi connectivity index (χ4v) is 3.47. The largest absolute Gasteiger partial charge is 0.352 e. The summed E-state index contributed by atoms with van der Waals surface area (Å²) in [6.45, 7) is 8.87. The minimum absolute atomic E-state index is 0.0801. The molecule has 3 heterocycles. The number of piperidine rings is 1. The Bertz CT molecular complexity index is 725. The van der Waals surface area contributed by atoms with Crippen molar-refractivity contribution in [1.29, 1.82) is 0 Å². The van der Waals surface area contributed by atoms with Crippen molar-refractivity contribution < 1.29 is 9.32 Å². The number of carbonyl (C=O) groups is 1. The molecule has 0 spiro atoms. The molecule has 1 amide bonds. The molecule has 1 saturated heterocycles. The van der Waals surface area contributed by atoms with Crippen molar-refractivity contribution in [3.05, 3.63) is 23.0 Å². The smallest absolute Gasteiger partial charge is 0.258 e. The molecule has 2 aromatic heterocycles. The molecule has 1 fully saturated rings. The van der Waals surface area contributed by atoms with E-state index in [-0.39, 0.29) is 5.91 Å². The van der Waals surface area contributed by atoms with Gasteiger partial charge in [0.2, 0.25) is 0 Å². The number of rotatable bonds is 5. The molecule has 0 bridgehead atoms. The standard InChI is InChI=1S/C18H26N4O2/c1-12-11-15(16-14(3)21-24-18(16)20-12)17(23)19-8-6-10-22-9-5-4-7-13(22)2/h11,13H,4-10H2,1-3H3,(H,19,23)/t13-/m1/s1. The molecule has 24 heavy (non-hydrogen) atoms. The summed E-state index contributed by atoms with van der Waals surface area (Å²) < 4.78 is 5.19. The predicted molar refractivity (Wildman–Crippen MR) is 93.1 cm³/mol. The van der Waals surface area contributed by atoms with E-state index in [2.05, 4.69) is 27.3 Å². The molecule has 0 saturated carbocycles. The Balaban J connectivity index is 1.58. The number of hydrogen-bond acceptors (Lipinski definition) is 5. The Kier molecular flexibility index (Phi) is 5.14. The van der Waals surface area contributed by atoms with Crippen LogP contribution in [0.3, 0.4) is 0 Å². The van der Waals surface area contributed by atoms with Crippen molar-refractivity contribution >= 4 is 17.0 Å². The molecule has 6 nitrogen and oxygen atoms in total. The summed E-state index contributed by atoms with van der Waals surface area (Å²) in [5.41, 5.74) is 2.48. The average Bonchev–Trinajstić information content (AvgIpc) is 2.93. The number of pyridine rings is 1. The fraction of sp³-hybridized carbons (Fsp3) is 0.611. The second-order valence-corrected chi connectivity index (χ2v) is 6.75. The minimum Gasteiger partial charge on any atom is -0.352 e. The van der Waals surface area contributed by atoms with Crippen LogP contribution in [0.15, 0.2) is 10.6 Å². The summed E-state index contributed by atoms with van der Waals surface area (Å²) in [6, 6.07) is 2.46. The van der Waals surface area contributed by atoms with Crippen LogP contribution in [-0.4, -0.2) is 46.6 Å². The number of nitrogens with one attached hydrogen (secondary N) is 1. The number of carbonyl (C=O) groups excluding carboxylic acids is 1. The van der Waals surface area contributed by atoms with Gasteiger partial charge in [-0.15, -0.1) is 0 Å². The van der Waals surface area contributed by atoms with Crippen LogP contribution < -0.4 is 5.32 Å². The highest BCUT2D eigenvalue weighted by molar-refractivity contribution is 6.05. The number of fused-ring (bicyclic) bond motifs is 1. The number of amides is 1. The van der Waals surface area contributed by atoms with Gasteiger partial charge in [0, 0.05) is 24.8 Å². The molecule has 3 rings (SSSR count). The van der Waals surface area contributed by atoms with Gasteiger partial charge in [-0.3, -0.25) is 4.79 Å². The second-order valence-electron chi connectivity index (χ2n) is 6.75. The van der Waals surface area contributed by atoms with Crippen LogP contribution in [0.4, 0.5) is 0 Å². The molecule has 1 aliphatic rings. The maximum absolute atomic E-state index is 12.6. The molecule has 2 aromatic rings. The highest BCUT2D eigenvalue weighted by Gasteiger charge is 2.19. The first-order valence-electron chi connectivity index (χ1n) is 8.82. The fourth-order valence-electron chi connectivity index (χ4n) is 3.47. The molecule has 0 aromatic carbocycles. The van der Waals surface area contributed by atoms with E-state index in [1.54, 1.807) is 6.07 Å². The van der Waals surface area contributed by atoms with Crippen molar-refractivity contribution in [3.63, 3.8) is 0 Å². The Hall–Kier alpha value is -1.95. The molecular formula is C18H26N4O2. The molecule has 130 valence electrons. The third-order valence-electron chi connectivity index (χ3n) is 4.84. The van der Waals surface area contributed by atoms with Crippen molar-refractivity contribution in [3.8, 4) is 0 Å². The summed E-state index contributed by atoms with van der Waals surface area (Å²) in [4.78, 5) is 19.4. The topological polar surface area (TPSA) is 71.3 Å². The first-order chi connectivity index (χ1) is 11.6. The third kappa shape index (κ3) is 3.59. The van der Waals surface area contributed by atoms with Gasteiger partial charge in [-0.05, 0) is 52.6 Å². The van der Waals surface area contributed by atoms with Crippen LogP contribution in [0.2, 0.25) is 0 Å². The summed E-state index contributed by atoms with van der Waals surface area (Å²) in [6.07, 6.45) is 4.88. The van der Waals surface area contributed by atoms with E-state index >= 15 is 0 Å². The zero-order valence-corrected chi connectivity index (χ0v) is 14.8. The van der Waals surface area contributed by atoms with E-state index in [1.807, 2.05) is 13.8 Å². The lowest BCUT2D eigenvalue weighted by Crippen LogP contribution is -2.39. The summed E-state index contributed by atoms with van der Waals surface area (Å²) in [5.74, 6) is -0.0801. The Labute approximate surface area is 142 Å². The van der Waals surface area contributed by atoms with E-state index in [4.69, 9.17) is 4.52 Å². The molecule has 1 aliphatic heterocycles. The van der Waals surface area contributed by atoms with Gasteiger partial charge >= 0.3 is 0 Å². The van der Waals surface area contributed by atoms with Gasteiger partial charge in [-0.2, -0.15) is 0 Å². The minimum atomic E-state index is -0.0801. The van der Waals surface area contributed by atoms with E-state index < -0.39 is 0 Å². The monoisotopic (exact) mass is 330 g/mol. The number of nitrogens with zero attached hydrogens (tertiary/aromatic N) is 3. The van der Waals surface area contributed by atoms with Crippen LogP contribution in [0.1, 0.15) is 54.4 Å². The first-order valence-corrected chi connectivity index (χ1v) is 8.82. The van der Waals surface area contributed by atoms with Crippen LogP contribution in [0.5, 0.6) is 0 Å². The van der Waals surface area contributed by atoms with Crippen LogP contribution >= 0.6 is 0 Å². The van der Waals surface area contributed by atoms with E-state index in [9.17, 15) is 4.79 Å². The molecule has 0 unspecified atom stereocenters. The van der Waals surface area contributed by atoms with Crippen molar-refractivity contribution in [2.75, 3.05) is 19.6 Å². The molecule has 0 aliphatic carbocycles. The Morgan fingerprint density at radius 3 is 3.04 bits per heavy atom. The molecule has 1 atom stereocenters.